The van der Waals surface area contributed by atoms with E-state index in [0.717, 1.165) is 21.2 Å². The summed E-state index contributed by atoms with van der Waals surface area (Å²) < 4.78 is 1.14. The Balaban J connectivity index is 2.92. The fourth-order valence-corrected chi connectivity index (χ4v) is 1.91. The van der Waals surface area contributed by atoms with Gasteiger partial charge in [0.1, 0.15) is 0 Å². The van der Waals surface area contributed by atoms with E-state index in [-0.39, 0.29) is 5.91 Å². The van der Waals surface area contributed by atoms with Crippen molar-refractivity contribution < 1.29 is 4.79 Å². The number of hydrogen-bond acceptors (Lipinski definition) is 2. The first kappa shape index (κ1) is 14.4. The van der Waals surface area contributed by atoms with Crippen LogP contribution in [-0.2, 0) is 4.79 Å². The molecule has 0 aliphatic heterocycles. The zero-order chi connectivity index (χ0) is 13.1. The molecule has 0 spiro atoms. The normalized spacial score (nSPS) is 14.2. The molecule has 94 valence electrons. The third-order valence-electron chi connectivity index (χ3n) is 3.29. The predicted octanol–water partition coefficient (Wildman–Crippen LogP) is 2.91. The lowest BCUT2D eigenvalue weighted by molar-refractivity contribution is -0.124. The van der Waals surface area contributed by atoms with Crippen molar-refractivity contribution in [1.29, 1.82) is 0 Å². The van der Waals surface area contributed by atoms with Crippen LogP contribution >= 0.6 is 22.6 Å². The zero-order valence-corrected chi connectivity index (χ0v) is 12.7. The van der Waals surface area contributed by atoms with Gasteiger partial charge in [0, 0.05) is 15.8 Å². The molecule has 0 saturated carbocycles. The topological polar surface area (TPSA) is 55.1 Å². The molecular formula is C13H19IN2O. The summed E-state index contributed by atoms with van der Waals surface area (Å²) in [4.78, 5) is 12.2. The first-order chi connectivity index (χ1) is 7.94. The highest BCUT2D eigenvalue weighted by Gasteiger charge is 2.29. The minimum atomic E-state index is -0.492. The van der Waals surface area contributed by atoms with E-state index < -0.39 is 5.41 Å². The molecule has 0 saturated heterocycles. The van der Waals surface area contributed by atoms with Crippen molar-refractivity contribution in [1.82, 2.24) is 0 Å². The van der Waals surface area contributed by atoms with E-state index in [2.05, 4.69) is 27.9 Å². The monoisotopic (exact) mass is 346 g/mol. The fraction of sp³-hybridized carbons (Fsp3) is 0.462. The highest BCUT2D eigenvalue weighted by Crippen LogP contribution is 2.25. The Hall–Kier alpha value is -0.620. The van der Waals surface area contributed by atoms with Crippen molar-refractivity contribution in [3.8, 4) is 0 Å². The van der Waals surface area contributed by atoms with Crippen molar-refractivity contribution >= 4 is 34.2 Å². The molecule has 0 radical (unpaired) electrons. The highest BCUT2D eigenvalue weighted by molar-refractivity contribution is 14.1. The van der Waals surface area contributed by atoms with Gasteiger partial charge in [0.15, 0.2) is 0 Å². The zero-order valence-electron chi connectivity index (χ0n) is 10.5. The number of carbonyl (C=O) groups excluding carboxylic acids is 1. The summed E-state index contributed by atoms with van der Waals surface area (Å²) in [6.45, 7) is 6.24. The Morgan fingerprint density at radius 3 is 2.71 bits per heavy atom. The van der Waals surface area contributed by atoms with Gasteiger partial charge in [-0.15, -0.1) is 0 Å². The van der Waals surface area contributed by atoms with Crippen molar-refractivity contribution in [2.45, 2.75) is 27.2 Å². The molecule has 4 heteroatoms. The van der Waals surface area contributed by atoms with Crippen LogP contribution in [0.2, 0.25) is 0 Å². The fourth-order valence-electron chi connectivity index (χ4n) is 1.41. The number of hydrogen-bond donors (Lipinski definition) is 2. The number of nitrogens with one attached hydrogen (secondary N) is 1. The predicted molar refractivity (Wildman–Crippen MR) is 80.0 cm³/mol. The minimum Gasteiger partial charge on any atom is -0.329 e. The van der Waals surface area contributed by atoms with Gasteiger partial charge in [-0.25, -0.2) is 0 Å². The van der Waals surface area contributed by atoms with E-state index in [1.165, 1.54) is 0 Å². The molecule has 1 unspecified atom stereocenters. The van der Waals surface area contributed by atoms with Crippen LogP contribution in [0, 0.1) is 15.9 Å². The van der Waals surface area contributed by atoms with E-state index in [1.807, 2.05) is 39.0 Å². The van der Waals surface area contributed by atoms with E-state index in [4.69, 9.17) is 5.73 Å². The Morgan fingerprint density at radius 2 is 2.18 bits per heavy atom. The molecule has 0 bridgehead atoms. The maximum absolute atomic E-state index is 12.2. The molecule has 0 aromatic heterocycles. The van der Waals surface area contributed by atoms with Gasteiger partial charge in [0.2, 0.25) is 5.91 Å². The number of amides is 1. The smallest absolute Gasteiger partial charge is 0.231 e. The van der Waals surface area contributed by atoms with Gasteiger partial charge < -0.3 is 11.1 Å². The van der Waals surface area contributed by atoms with Gasteiger partial charge in [-0.05, 0) is 60.6 Å². The molecule has 0 aliphatic carbocycles. The second-order valence-corrected chi connectivity index (χ2v) is 5.65. The summed E-state index contributed by atoms with van der Waals surface area (Å²) in [6, 6.07) is 5.88. The summed E-state index contributed by atoms with van der Waals surface area (Å²) in [5.41, 5.74) is 7.15. The largest absolute Gasteiger partial charge is 0.329 e. The SMILES string of the molecule is CCC(C)(CN)C(=O)Nc1cccc(I)c1C. The van der Waals surface area contributed by atoms with Gasteiger partial charge >= 0.3 is 0 Å². The molecule has 3 N–H and O–H groups in total. The molecule has 0 aliphatic rings. The lowest BCUT2D eigenvalue weighted by atomic mass is 9.86. The Kier molecular flexibility index (Phi) is 4.94. The Morgan fingerprint density at radius 1 is 1.53 bits per heavy atom. The summed E-state index contributed by atoms with van der Waals surface area (Å²) in [6.07, 6.45) is 0.734. The van der Waals surface area contributed by atoms with Gasteiger partial charge in [-0.2, -0.15) is 0 Å². The third-order valence-corrected chi connectivity index (χ3v) is 4.46. The van der Waals surface area contributed by atoms with Crippen LogP contribution in [0.3, 0.4) is 0 Å². The molecule has 0 fully saturated rings. The van der Waals surface area contributed by atoms with Crippen LogP contribution < -0.4 is 11.1 Å². The molecule has 17 heavy (non-hydrogen) atoms. The second kappa shape index (κ2) is 5.82. The molecule has 1 aromatic carbocycles. The van der Waals surface area contributed by atoms with Crippen LogP contribution in [0.15, 0.2) is 18.2 Å². The number of halogens is 1. The first-order valence-electron chi connectivity index (χ1n) is 5.71. The average Bonchev–Trinajstić information content (AvgIpc) is 2.33. The molecular weight excluding hydrogens is 327 g/mol. The summed E-state index contributed by atoms with van der Waals surface area (Å²) in [5.74, 6) is -0.00685. The van der Waals surface area contributed by atoms with E-state index in [9.17, 15) is 4.79 Å². The lowest BCUT2D eigenvalue weighted by Crippen LogP contribution is -2.39. The maximum atomic E-state index is 12.2. The molecule has 0 heterocycles. The number of rotatable bonds is 4. The standard InChI is InChI=1S/C13H19IN2O/c1-4-13(3,8-15)12(17)16-11-7-5-6-10(14)9(11)2/h5-7H,4,8,15H2,1-3H3,(H,16,17). The summed E-state index contributed by atoms with van der Waals surface area (Å²) in [5, 5.41) is 2.97. The summed E-state index contributed by atoms with van der Waals surface area (Å²) in [7, 11) is 0. The van der Waals surface area contributed by atoms with E-state index >= 15 is 0 Å². The second-order valence-electron chi connectivity index (χ2n) is 4.48. The van der Waals surface area contributed by atoms with Crippen LogP contribution in [0.4, 0.5) is 5.69 Å². The van der Waals surface area contributed by atoms with Crippen LogP contribution in [0.25, 0.3) is 0 Å². The van der Waals surface area contributed by atoms with Crippen molar-refractivity contribution in [3.63, 3.8) is 0 Å². The molecule has 1 atom stereocenters. The van der Waals surface area contributed by atoms with Gasteiger partial charge in [0.25, 0.3) is 0 Å². The van der Waals surface area contributed by atoms with Crippen LogP contribution in [0.1, 0.15) is 25.8 Å². The lowest BCUT2D eigenvalue weighted by Gasteiger charge is -2.25. The number of benzene rings is 1. The summed E-state index contributed by atoms with van der Waals surface area (Å²) >= 11 is 2.26. The molecule has 1 rings (SSSR count). The van der Waals surface area contributed by atoms with Crippen molar-refractivity contribution in [2.24, 2.45) is 11.1 Å². The first-order valence-corrected chi connectivity index (χ1v) is 6.79. The Bertz CT molecular complexity index is 414. The highest BCUT2D eigenvalue weighted by atomic mass is 127. The maximum Gasteiger partial charge on any atom is 0.231 e. The third kappa shape index (κ3) is 3.19. The van der Waals surface area contributed by atoms with E-state index in [1.54, 1.807) is 0 Å². The quantitative estimate of drug-likeness (QED) is 0.824. The number of carbonyl (C=O) groups is 1. The van der Waals surface area contributed by atoms with Crippen molar-refractivity contribution in [2.75, 3.05) is 11.9 Å². The van der Waals surface area contributed by atoms with Crippen LogP contribution in [0.5, 0.6) is 0 Å². The van der Waals surface area contributed by atoms with Gasteiger partial charge in [-0.1, -0.05) is 13.0 Å². The number of nitrogens with two attached hydrogens (primary N) is 1. The van der Waals surface area contributed by atoms with E-state index in [0.29, 0.717) is 6.54 Å². The van der Waals surface area contributed by atoms with Crippen molar-refractivity contribution in [3.05, 3.63) is 27.3 Å². The van der Waals surface area contributed by atoms with Crippen LogP contribution in [-0.4, -0.2) is 12.5 Å². The molecule has 3 nitrogen and oxygen atoms in total. The van der Waals surface area contributed by atoms with Gasteiger partial charge in [0.05, 0.1) is 5.41 Å². The van der Waals surface area contributed by atoms with Gasteiger partial charge in [-0.3, -0.25) is 4.79 Å². The Labute approximate surface area is 116 Å². The molecule has 1 aromatic rings. The minimum absolute atomic E-state index is 0.00685. The number of anilines is 1. The average molecular weight is 346 g/mol. The molecule has 1 amide bonds.